The Hall–Kier alpha value is -4.18. The molecule has 0 unspecified atom stereocenters. The van der Waals surface area contributed by atoms with E-state index in [-0.39, 0.29) is 6.61 Å². The van der Waals surface area contributed by atoms with Gasteiger partial charge in [0.05, 0.1) is 16.8 Å². The van der Waals surface area contributed by atoms with Gasteiger partial charge < -0.3 is 9.47 Å². The first-order valence-electron chi connectivity index (χ1n) is 10.5. The summed E-state index contributed by atoms with van der Waals surface area (Å²) < 4.78 is 11.4. The summed E-state index contributed by atoms with van der Waals surface area (Å²) in [5.41, 5.74) is 3.20. The van der Waals surface area contributed by atoms with Crippen molar-refractivity contribution in [2.45, 2.75) is 13.2 Å². The number of pyridine rings is 1. The molecule has 0 aliphatic carbocycles. The molecule has 0 saturated heterocycles. The van der Waals surface area contributed by atoms with Crippen LogP contribution >= 0.6 is 0 Å². The van der Waals surface area contributed by atoms with E-state index in [1.807, 2.05) is 66.7 Å². The van der Waals surface area contributed by atoms with E-state index in [0.717, 1.165) is 32.9 Å². The first-order valence-corrected chi connectivity index (χ1v) is 10.5. The van der Waals surface area contributed by atoms with Crippen molar-refractivity contribution in [2.75, 3.05) is 0 Å². The minimum atomic E-state index is -0.390. The molecular formula is C28H21NO3. The summed E-state index contributed by atoms with van der Waals surface area (Å²) in [7, 11) is 0. The van der Waals surface area contributed by atoms with E-state index in [4.69, 9.17) is 14.5 Å². The lowest BCUT2D eigenvalue weighted by Crippen LogP contribution is -2.07. The van der Waals surface area contributed by atoms with Gasteiger partial charge in [0.15, 0.2) is 0 Å². The van der Waals surface area contributed by atoms with Gasteiger partial charge in [-0.2, -0.15) is 0 Å². The molecule has 5 rings (SSSR count). The lowest BCUT2D eigenvalue weighted by molar-refractivity contribution is 0.0470. The summed E-state index contributed by atoms with van der Waals surface area (Å²) >= 11 is 0. The number of para-hydroxylation sites is 1. The molecule has 0 aliphatic rings. The number of benzene rings is 4. The summed E-state index contributed by atoms with van der Waals surface area (Å²) in [6, 6.07) is 33.0. The topological polar surface area (TPSA) is 48.4 Å². The predicted molar refractivity (Wildman–Crippen MR) is 126 cm³/mol. The molecule has 1 heterocycles. The normalized spacial score (nSPS) is 10.9. The van der Waals surface area contributed by atoms with Crippen molar-refractivity contribution < 1.29 is 14.3 Å². The second-order valence-corrected chi connectivity index (χ2v) is 7.50. The van der Waals surface area contributed by atoms with Crippen LogP contribution < -0.4 is 4.74 Å². The fourth-order valence-electron chi connectivity index (χ4n) is 3.73. The molecule has 0 fully saturated rings. The van der Waals surface area contributed by atoms with Gasteiger partial charge in [-0.25, -0.2) is 9.78 Å². The van der Waals surface area contributed by atoms with E-state index in [9.17, 15) is 4.79 Å². The van der Waals surface area contributed by atoms with Crippen LogP contribution in [0.3, 0.4) is 0 Å². The van der Waals surface area contributed by atoms with Crippen molar-refractivity contribution in [1.29, 1.82) is 0 Å². The number of hydrogen-bond donors (Lipinski definition) is 0. The van der Waals surface area contributed by atoms with Crippen molar-refractivity contribution in [3.05, 3.63) is 120 Å². The number of ether oxygens (including phenoxy) is 2. The average Bonchev–Trinajstić information content (AvgIpc) is 2.87. The van der Waals surface area contributed by atoms with Crippen LogP contribution in [-0.4, -0.2) is 11.0 Å². The van der Waals surface area contributed by atoms with Crippen LogP contribution in [0.25, 0.3) is 21.7 Å². The van der Waals surface area contributed by atoms with Crippen molar-refractivity contribution in [3.63, 3.8) is 0 Å². The standard InChI is InChI=1S/C28H21NO3/c30-28(21-14-16-22(17-15-21)31-18-20-8-2-1-3-9-20)32-19-27-25-12-5-4-10-23(25)24-11-6-7-13-26(24)29-27/h1-17H,18-19H2. The quantitative estimate of drug-likeness (QED) is 0.239. The van der Waals surface area contributed by atoms with E-state index >= 15 is 0 Å². The first-order chi connectivity index (χ1) is 15.8. The van der Waals surface area contributed by atoms with Crippen LogP contribution in [0.1, 0.15) is 21.6 Å². The minimum absolute atomic E-state index is 0.108. The molecule has 32 heavy (non-hydrogen) atoms. The Morgan fingerprint density at radius 3 is 2.09 bits per heavy atom. The van der Waals surface area contributed by atoms with Gasteiger partial charge in [0.2, 0.25) is 0 Å². The fourth-order valence-corrected chi connectivity index (χ4v) is 3.73. The highest BCUT2D eigenvalue weighted by Crippen LogP contribution is 2.27. The van der Waals surface area contributed by atoms with Crippen LogP contribution in [0.5, 0.6) is 5.75 Å². The molecule has 156 valence electrons. The van der Waals surface area contributed by atoms with Gasteiger partial charge in [0.1, 0.15) is 19.0 Å². The maximum atomic E-state index is 12.6. The van der Waals surface area contributed by atoms with Crippen molar-refractivity contribution in [3.8, 4) is 5.75 Å². The third-order valence-electron chi connectivity index (χ3n) is 5.37. The fraction of sp³-hybridized carbons (Fsp3) is 0.0714. The molecule has 0 bridgehead atoms. The third kappa shape index (κ3) is 4.16. The van der Waals surface area contributed by atoms with E-state index in [0.29, 0.717) is 17.9 Å². The summed E-state index contributed by atoms with van der Waals surface area (Å²) in [5.74, 6) is 0.311. The molecule has 0 N–H and O–H groups in total. The molecule has 0 atom stereocenters. The molecule has 0 radical (unpaired) electrons. The van der Waals surface area contributed by atoms with Gasteiger partial charge in [-0.05, 0) is 41.3 Å². The van der Waals surface area contributed by atoms with Crippen LogP contribution in [0.15, 0.2) is 103 Å². The number of nitrogens with zero attached hydrogens (tertiary/aromatic N) is 1. The maximum Gasteiger partial charge on any atom is 0.338 e. The molecule has 4 heteroatoms. The zero-order chi connectivity index (χ0) is 21.8. The third-order valence-corrected chi connectivity index (χ3v) is 5.37. The number of carbonyl (C=O) groups is 1. The van der Waals surface area contributed by atoms with Gasteiger partial charge in [-0.3, -0.25) is 0 Å². The number of rotatable bonds is 6. The molecule has 1 aromatic heterocycles. The maximum absolute atomic E-state index is 12.6. The van der Waals surface area contributed by atoms with Gasteiger partial charge in [-0.15, -0.1) is 0 Å². The number of carbonyl (C=O) groups excluding carboxylic acids is 1. The number of aromatic nitrogens is 1. The highest BCUT2D eigenvalue weighted by molar-refractivity contribution is 6.06. The van der Waals surface area contributed by atoms with Gasteiger partial charge in [0.25, 0.3) is 0 Å². The Bertz CT molecular complexity index is 1380. The second-order valence-electron chi connectivity index (χ2n) is 7.50. The Morgan fingerprint density at radius 2 is 1.31 bits per heavy atom. The smallest absolute Gasteiger partial charge is 0.338 e. The van der Waals surface area contributed by atoms with E-state index in [1.165, 1.54) is 0 Å². The van der Waals surface area contributed by atoms with Crippen LogP contribution in [-0.2, 0) is 18.0 Å². The molecule has 0 saturated carbocycles. The molecule has 5 aromatic rings. The number of fused-ring (bicyclic) bond motifs is 3. The van der Waals surface area contributed by atoms with Gasteiger partial charge in [-0.1, -0.05) is 72.8 Å². The highest BCUT2D eigenvalue weighted by Gasteiger charge is 2.12. The van der Waals surface area contributed by atoms with Gasteiger partial charge >= 0.3 is 5.97 Å². The van der Waals surface area contributed by atoms with Crippen LogP contribution in [0, 0.1) is 0 Å². The Balaban J connectivity index is 1.29. The molecule has 4 aromatic carbocycles. The summed E-state index contributed by atoms with van der Waals surface area (Å²) in [4.78, 5) is 17.4. The summed E-state index contributed by atoms with van der Waals surface area (Å²) in [6.07, 6.45) is 0. The highest BCUT2D eigenvalue weighted by atomic mass is 16.5. The molecule has 0 aliphatic heterocycles. The van der Waals surface area contributed by atoms with E-state index < -0.39 is 5.97 Å². The number of hydrogen-bond acceptors (Lipinski definition) is 4. The van der Waals surface area contributed by atoms with Crippen LogP contribution in [0.4, 0.5) is 0 Å². The predicted octanol–water partition coefficient (Wildman–Crippen LogP) is 6.32. The average molecular weight is 419 g/mol. The van der Waals surface area contributed by atoms with Gasteiger partial charge in [0, 0.05) is 10.8 Å². The zero-order valence-corrected chi connectivity index (χ0v) is 17.4. The largest absolute Gasteiger partial charge is 0.489 e. The monoisotopic (exact) mass is 419 g/mol. The molecule has 0 spiro atoms. The summed E-state index contributed by atoms with van der Waals surface area (Å²) in [5, 5.41) is 3.18. The first kappa shape index (κ1) is 19.8. The van der Waals surface area contributed by atoms with E-state index in [2.05, 4.69) is 12.1 Å². The Kier molecular flexibility index (Phi) is 5.50. The van der Waals surface area contributed by atoms with Crippen LogP contribution in [0.2, 0.25) is 0 Å². The number of esters is 1. The molecular weight excluding hydrogens is 398 g/mol. The van der Waals surface area contributed by atoms with Crippen molar-refractivity contribution >= 4 is 27.6 Å². The molecule has 4 nitrogen and oxygen atoms in total. The second kappa shape index (κ2) is 8.90. The zero-order valence-electron chi connectivity index (χ0n) is 17.4. The lowest BCUT2D eigenvalue weighted by Gasteiger charge is -2.11. The van der Waals surface area contributed by atoms with Crippen molar-refractivity contribution in [1.82, 2.24) is 4.98 Å². The van der Waals surface area contributed by atoms with Crippen molar-refractivity contribution in [2.24, 2.45) is 0 Å². The van der Waals surface area contributed by atoms with E-state index in [1.54, 1.807) is 24.3 Å². The SMILES string of the molecule is O=C(OCc1nc2ccccc2c2ccccc12)c1ccc(OCc2ccccc2)cc1. The Labute approximate surface area is 186 Å². The Morgan fingerprint density at radius 1 is 0.656 bits per heavy atom. The molecule has 0 amide bonds. The summed E-state index contributed by atoms with van der Waals surface area (Å²) in [6.45, 7) is 0.585. The lowest BCUT2D eigenvalue weighted by atomic mass is 10.0. The minimum Gasteiger partial charge on any atom is -0.489 e.